The Labute approximate surface area is 163 Å². The second kappa shape index (κ2) is 8.01. The van der Waals surface area contributed by atoms with E-state index in [0.29, 0.717) is 17.3 Å². The first-order chi connectivity index (χ1) is 13.2. The smallest absolute Gasteiger partial charge is 0.254 e. The number of benzene rings is 2. The van der Waals surface area contributed by atoms with Crippen LogP contribution in [0.3, 0.4) is 0 Å². The lowest BCUT2D eigenvalue weighted by atomic mass is 10.0. The molecule has 0 aliphatic carbocycles. The number of hydrogen-bond acceptors (Lipinski definition) is 4. The highest BCUT2D eigenvalue weighted by Gasteiger charge is 2.19. The van der Waals surface area contributed by atoms with E-state index in [1.807, 2.05) is 25.1 Å². The van der Waals surface area contributed by atoms with Gasteiger partial charge in [0.05, 0.1) is 12.2 Å². The molecular formula is C22H23N3OS. The minimum Gasteiger partial charge on any atom is -0.365 e. The Kier molecular flexibility index (Phi) is 5.30. The molecule has 1 aromatic heterocycles. The van der Waals surface area contributed by atoms with E-state index in [-0.39, 0.29) is 5.56 Å². The van der Waals surface area contributed by atoms with E-state index < -0.39 is 0 Å². The number of thioether (sulfide) groups is 1. The molecule has 0 atom stereocenters. The number of H-pyrrole nitrogens is 1. The average Bonchev–Trinajstić information content (AvgIpc) is 2.71. The number of aryl methyl sites for hydroxylation is 1. The predicted molar refractivity (Wildman–Crippen MR) is 111 cm³/mol. The number of rotatable bonds is 5. The maximum absolute atomic E-state index is 12.4. The molecule has 0 radical (unpaired) electrons. The van der Waals surface area contributed by atoms with Gasteiger partial charge in [-0.15, -0.1) is 0 Å². The topological polar surface area (TPSA) is 49.0 Å². The monoisotopic (exact) mass is 377 g/mol. The van der Waals surface area contributed by atoms with Crippen LogP contribution in [0.5, 0.6) is 0 Å². The predicted octanol–water partition coefficient (Wildman–Crippen LogP) is 4.32. The molecule has 138 valence electrons. The van der Waals surface area contributed by atoms with Crippen molar-refractivity contribution in [1.29, 1.82) is 0 Å². The zero-order valence-electron chi connectivity index (χ0n) is 15.4. The lowest BCUT2D eigenvalue weighted by Gasteiger charge is -2.31. The molecule has 2 heterocycles. The number of para-hydroxylation sites is 1. The van der Waals surface area contributed by atoms with Crippen molar-refractivity contribution < 1.29 is 0 Å². The lowest BCUT2D eigenvalue weighted by Crippen LogP contribution is -2.30. The van der Waals surface area contributed by atoms with Crippen LogP contribution in [0.1, 0.15) is 28.8 Å². The summed E-state index contributed by atoms with van der Waals surface area (Å²) in [7, 11) is 0. The van der Waals surface area contributed by atoms with E-state index in [9.17, 15) is 4.79 Å². The molecule has 5 heteroatoms. The van der Waals surface area contributed by atoms with E-state index in [2.05, 4.69) is 46.3 Å². The molecule has 0 spiro atoms. The Morgan fingerprint density at radius 2 is 1.89 bits per heavy atom. The Balaban J connectivity index is 1.56. The van der Waals surface area contributed by atoms with Crippen molar-refractivity contribution in [3.05, 3.63) is 87.3 Å². The molecule has 4 rings (SSSR count). The number of aromatic nitrogens is 2. The van der Waals surface area contributed by atoms with Gasteiger partial charge in [-0.3, -0.25) is 4.79 Å². The Hall–Kier alpha value is -2.53. The number of anilines is 1. The van der Waals surface area contributed by atoms with Gasteiger partial charge in [-0.2, -0.15) is 0 Å². The van der Waals surface area contributed by atoms with E-state index in [4.69, 9.17) is 4.98 Å². The van der Waals surface area contributed by atoms with Crippen LogP contribution >= 0.6 is 11.8 Å². The molecule has 1 aliphatic heterocycles. The van der Waals surface area contributed by atoms with Gasteiger partial charge in [0.15, 0.2) is 5.16 Å². The van der Waals surface area contributed by atoms with Crippen molar-refractivity contribution in [3.8, 4) is 0 Å². The van der Waals surface area contributed by atoms with Gasteiger partial charge in [-0.25, -0.2) is 4.98 Å². The fourth-order valence-electron chi connectivity index (χ4n) is 3.46. The molecule has 1 N–H and O–H groups in total. The highest BCUT2D eigenvalue weighted by Crippen LogP contribution is 2.28. The zero-order valence-corrected chi connectivity index (χ0v) is 16.3. The maximum Gasteiger partial charge on any atom is 0.254 e. The van der Waals surface area contributed by atoms with Gasteiger partial charge in [-0.1, -0.05) is 60.3 Å². The summed E-state index contributed by atoms with van der Waals surface area (Å²) in [6.45, 7) is 3.53. The SMILES string of the molecule is Cc1c(CN2CCCc3ccccc32)nc(SCc2ccccc2)[nH]c1=O. The first kappa shape index (κ1) is 17.9. The van der Waals surface area contributed by atoms with Gasteiger partial charge in [0.1, 0.15) is 0 Å². The fraction of sp³-hybridized carbons (Fsp3) is 0.273. The summed E-state index contributed by atoms with van der Waals surface area (Å²) in [5.74, 6) is 0.791. The van der Waals surface area contributed by atoms with Crippen LogP contribution in [-0.4, -0.2) is 16.5 Å². The molecule has 0 saturated carbocycles. The highest BCUT2D eigenvalue weighted by atomic mass is 32.2. The summed E-state index contributed by atoms with van der Waals surface area (Å²) in [6, 6.07) is 18.8. The van der Waals surface area contributed by atoms with E-state index in [0.717, 1.165) is 30.8 Å². The van der Waals surface area contributed by atoms with Crippen molar-refractivity contribution >= 4 is 17.4 Å². The van der Waals surface area contributed by atoms with Crippen LogP contribution in [0.2, 0.25) is 0 Å². The van der Waals surface area contributed by atoms with Crippen LogP contribution in [0.4, 0.5) is 5.69 Å². The van der Waals surface area contributed by atoms with Crippen molar-refractivity contribution in [3.63, 3.8) is 0 Å². The third-order valence-corrected chi connectivity index (χ3v) is 5.94. The molecule has 0 bridgehead atoms. The van der Waals surface area contributed by atoms with E-state index in [1.54, 1.807) is 11.8 Å². The molecule has 0 saturated heterocycles. The summed E-state index contributed by atoms with van der Waals surface area (Å²) in [4.78, 5) is 22.5. The normalized spacial score (nSPS) is 13.4. The van der Waals surface area contributed by atoms with E-state index >= 15 is 0 Å². The summed E-state index contributed by atoms with van der Waals surface area (Å²) < 4.78 is 0. The summed E-state index contributed by atoms with van der Waals surface area (Å²) in [5.41, 5.74) is 5.40. The minimum atomic E-state index is -0.0409. The Morgan fingerprint density at radius 1 is 1.11 bits per heavy atom. The van der Waals surface area contributed by atoms with Crippen LogP contribution < -0.4 is 10.5 Å². The molecule has 3 aromatic rings. The Bertz CT molecular complexity index is 984. The second-order valence-electron chi connectivity index (χ2n) is 6.87. The first-order valence-corrected chi connectivity index (χ1v) is 10.3. The molecule has 2 aromatic carbocycles. The van der Waals surface area contributed by atoms with Gasteiger partial charge in [0.25, 0.3) is 5.56 Å². The first-order valence-electron chi connectivity index (χ1n) is 9.30. The van der Waals surface area contributed by atoms with Crippen molar-refractivity contribution in [2.75, 3.05) is 11.4 Å². The molecule has 27 heavy (non-hydrogen) atoms. The van der Waals surface area contributed by atoms with Crippen LogP contribution in [0.15, 0.2) is 64.5 Å². The number of nitrogens with one attached hydrogen (secondary N) is 1. The highest BCUT2D eigenvalue weighted by molar-refractivity contribution is 7.98. The summed E-state index contributed by atoms with van der Waals surface area (Å²) in [5, 5.41) is 0.690. The summed E-state index contributed by atoms with van der Waals surface area (Å²) in [6.07, 6.45) is 2.25. The largest absolute Gasteiger partial charge is 0.365 e. The summed E-state index contributed by atoms with van der Waals surface area (Å²) >= 11 is 1.57. The number of aromatic amines is 1. The average molecular weight is 378 g/mol. The number of fused-ring (bicyclic) bond motifs is 1. The molecule has 1 aliphatic rings. The van der Waals surface area contributed by atoms with Crippen LogP contribution in [-0.2, 0) is 18.7 Å². The maximum atomic E-state index is 12.4. The van der Waals surface area contributed by atoms with Crippen molar-refractivity contribution in [2.24, 2.45) is 0 Å². The Morgan fingerprint density at radius 3 is 2.74 bits per heavy atom. The number of nitrogens with zero attached hydrogens (tertiary/aromatic N) is 2. The molecular weight excluding hydrogens is 354 g/mol. The minimum absolute atomic E-state index is 0.0409. The third kappa shape index (κ3) is 4.08. The molecule has 0 amide bonds. The third-order valence-electron chi connectivity index (χ3n) is 5.00. The second-order valence-corrected chi connectivity index (χ2v) is 7.83. The zero-order chi connectivity index (χ0) is 18.6. The van der Waals surface area contributed by atoms with Gasteiger partial charge in [-0.05, 0) is 37.0 Å². The molecule has 4 nitrogen and oxygen atoms in total. The van der Waals surface area contributed by atoms with Crippen molar-refractivity contribution in [1.82, 2.24) is 9.97 Å². The van der Waals surface area contributed by atoms with Crippen LogP contribution in [0, 0.1) is 6.92 Å². The van der Waals surface area contributed by atoms with Crippen LogP contribution in [0.25, 0.3) is 0 Å². The molecule has 0 fully saturated rings. The fourth-order valence-corrected chi connectivity index (χ4v) is 4.30. The van der Waals surface area contributed by atoms with Crippen molar-refractivity contribution in [2.45, 2.75) is 37.2 Å². The molecule has 0 unspecified atom stereocenters. The quantitative estimate of drug-likeness (QED) is 0.531. The lowest BCUT2D eigenvalue weighted by molar-refractivity contribution is 0.673. The van der Waals surface area contributed by atoms with Gasteiger partial charge < -0.3 is 9.88 Å². The van der Waals surface area contributed by atoms with Gasteiger partial charge in [0.2, 0.25) is 0 Å². The standard InChI is InChI=1S/C22H23N3OS/c1-16-19(14-25-13-7-11-18-10-5-6-12-20(18)25)23-22(24-21(16)26)27-15-17-8-3-2-4-9-17/h2-6,8-10,12H,7,11,13-15H2,1H3,(H,23,24,26). The van der Waals surface area contributed by atoms with E-state index in [1.165, 1.54) is 16.8 Å². The van der Waals surface area contributed by atoms with Gasteiger partial charge in [0, 0.05) is 23.5 Å². The number of hydrogen-bond donors (Lipinski definition) is 1. The van der Waals surface area contributed by atoms with Gasteiger partial charge >= 0.3 is 0 Å².